The minimum Gasteiger partial charge on any atom is -0.348 e. The molecule has 0 fully saturated rings. The van der Waals surface area contributed by atoms with Gasteiger partial charge in [-0.1, -0.05) is 12.1 Å². The molecule has 0 spiro atoms. The van der Waals surface area contributed by atoms with Crippen molar-refractivity contribution in [2.75, 3.05) is 0 Å². The van der Waals surface area contributed by atoms with E-state index in [1.54, 1.807) is 18.5 Å². The largest absolute Gasteiger partial charge is 0.348 e. The van der Waals surface area contributed by atoms with Gasteiger partial charge in [-0.05, 0) is 24.6 Å². The van der Waals surface area contributed by atoms with E-state index in [1.807, 2.05) is 13.0 Å². The molecule has 1 heterocycles. The number of imidazole rings is 1. The summed E-state index contributed by atoms with van der Waals surface area (Å²) >= 11 is 0. The van der Waals surface area contributed by atoms with Crippen LogP contribution in [0.1, 0.15) is 17.0 Å². The lowest BCUT2D eigenvalue weighted by Gasteiger charge is -2.05. The van der Waals surface area contributed by atoms with Gasteiger partial charge in [-0.2, -0.15) is 0 Å². The van der Waals surface area contributed by atoms with Gasteiger partial charge < -0.3 is 10.3 Å². The van der Waals surface area contributed by atoms with Crippen LogP contribution < -0.4 is 10.5 Å². The van der Waals surface area contributed by atoms with Crippen LogP contribution in [0.5, 0.6) is 0 Å². The van der Waals surface area contributed by atoms with Gasteiger partial charge in [0.05, 0.1) is 16.9 Å². The molecule has 0 radical (unpaired) electrons. The molecule has 0 saturated carbocycles. The highest BCUT2D eigenvalue weighted by molar-refractivity contribution is 7.89. The highest BCUT2D eigenvalue weighted by Gasteiger charge is 2.07. The van der Waals surface area contributed by atoms with Crippen molar-refractivity contribution in [3.63, 3.8) is 0 Å². The number of aromatic nitrogens is 2. The molecule has 2 aromatic rings. The van der Waals surface area contributed by atoms with Crippen molar-refractivity contribution in [3.8, 4) is 0 Å². The van der Waals surface area contributed by atoms with Crippen LogP contribution in [0.15, 0.2) is 35.5 Å². The smallest absolute Gasteiger partial charge is 0.238 e. The summed E-state index contributed by atoms with van der Waals surface area (Å²) in [4.78, 5) is 7.30. The van der Waals surface area contributed by atoms with Crippen molar-refractivity contribution < 1.29 is 8.42 Å². The number of sulfonamides is 1. The maximum atomic E-state index is 11.2. The van der Waals surface area contributed by atoms with E-state index in [1.165, 1.54) is 6.07 Å². The number of nitrogens with one attached hydrogen (secondary N) is 2. The Kier molecular flexibility index (Phi) is 3.98. The van der Waals surface area contributed by atoms with Crippen LogP contribution in [0.3, 0.4) is 0 Å². The second-order valence-electron chi connectivity index (χ2n) is 4.27. The average molecular weight is 280 g/mol. The zero-order valence-corrected chi connectivity index (χ0v) is 11.4. The lowest BCUT2D eigenvalue weighted by molar-refractivity contribution is 0.597. The monoisotopic (exact) mass is 280 g/mol. The fourth-order valence-corrected chi connectivity index (χ4v) is 2.31. The van der Waals surface area contributed by atoms with Crippen LogP contribution in [-0.2, 0) is 23.1 Å². The first-order valence-corrected chi connectivity index (χ1v) is 7.33. The molecule has 1 aromatic carbocycles. The maximum Gasteiger partial charge on any atom is 0.238 e. The van der Waals surface area contributed by atoms with Crippen LogP contribution >= 0.6 is 0 Å². The molecule has 0 unspecified atom stereocenters. The first-order chi connectivity index (χ1) is 8.97. The third-order valence-corrected chi connectivity index (χ3v) is 3.69. The third-order valence-electron chi connectivity index (χ3n) is 2.78. The van der Waals surface area contributed by atoms with E-state index in [-0.39, 0.29) is 4.90 Å². The average Bonchev–Trinajstić information content (AvgIpc) is 2.75. The van der Waals surface area contributed by atoms with E-state index < -0.39 is 10.0 Å². The Bertz CT molecular complexity index is 664. The van der Waals surface area contributed by atoms with Crippen LogP contribution in [0.25, 0.3) is 0 Å². The lowest BCUT2D eigenvalue weighted by Crippen LogP contribution is -2.15. The molecule has 102 valence electrons. The molecular weight excluding hydrogens is 264 g/mol. The lowest BCUT2D eigenvalue weighted by atomic mass is 10.2. The second kappa shape index (κ2) is 5.52. The summed E-state index contributed by atoms with van der Waals surface area (Å²) in [5, 5.41) is 8.29. The highest BCUT2D eigenvalue weighted by atomic mass is 32.2. The first kappa shape index (κ1) is 13.7. The van der Waals surface area contributed by atoms with Crippen LogP contribution in [0.4, 0.5) is 0 Å². The maximum absolute atomic E-state index is 11.2. The Labute approximate surface area is 112 Å². The van der Waals surface area contributed by atoms with Gasteiger partial charge in [0.1, 0.15) is 0 Å². The van der Waals surface area contributed by atoms with Crippen molar-refractivity contribution >= 4 is 10.0 Å². The molecule has 0 aliphatic rings. The number of aryl methyl sites for hydroxylation is 1. The quantitative estimate of drug-likeness (QED) is 0.748. The molecule has 4 N–H and O–H groups in total. The zero-order chi connectivity index (χ0) is 13.9. The predicted octanol–water partition coefficient (Wildman–Crippen LogP) is 0.655. The Balaban J connectivity index is 1.99. The van der Waals surface area contributed by atoms with Gasteiger partial charge in [0.15, 0.2) is 0 Å². The molecular formula is C12H16N4O2S. The summed E-state index contributed by atoms with van der Waals surface area (Å²) in [6.07, 6.45) is 1.65. The van der Waals surface area contributed by atoms with E-state index in [0.717, 1.165) is 17.0 Å². The van der Waals surface area contributed by atoms with E-state index in [0.29, 0.717) is 13.1 Å². The summed E-state index contributed by atoms with van der Waals surface area (Å²) in [6.45, 7) is 3.12. The molecule has 0 amide bonds. The summed E-state index contributed by atoms with van der Waals surface area (Å²) in [5.41, 5.74) is 2.83. The van der Waals surface area contributed by atoms with Crippen molar-refractivity contribution in [1.29, 1.82) is 0 Å². The summed E-state index contributed by atoms with van der Waals surface area (Å²) in [5.74, 6) is 0. The SMILES string of the molecule is Cc1[nH]cnc1CNCc1cccc(S(N)(=O)=O)c1. The number of nitrogens with two attached hydrogens (primary N) is 1. The molecule has 0 saturated heterocycles. The van der Waals surface area contributed by atoms with Crippen LogP contribution in [0, 0.1) is 6.92 Å². The molecule has 6 nitrogen and oxygen atoms in total. The van der Waals surface area contributed by atoms with E-state index in [2.05, 4.69) is 15.3 Å². The minimum absolute atomic E-state index is 0.128. The highest BCUT2D eigenvalue weighted by Crippen LogP contribution is 2.10. The Morgan fingerprint density at radius 2 is 2.16 bits per heavy atom. The fraction of sp³-hybridized carbons (Fsp3) is 0.250. The van der Waals surface area contributed by atoms with Gasteiger partial charge in [0.2, 0.25) is 10.0 Å². The van der Waals surface area contributed by atoms with Gasteiger partial charge in [-0.15, -0.1) is 0 Å². The van der Waals surface area contributed by atoms with Gasteiger partial charge in [-0.3, -0.25) is 0 Å². The predicted molar refractivity (Wildman–Crippen MR) is 71.7 cm³/mol. The minimum atomic E-state index is -3.65. The van der Waals surface area contributed by atoms with E-state index in [4.69, 9.17) is 5.14 Å². The molecule has 0 aliphatic carbocycles. The summed E-state index contributed by atoms with van der Waals surface area (Å²) < 4.78 is 22.5. The second-order valence-corrected chi connectivity index (χ2v) is 5.83. The van der Waals surface area contributed by atoms with Crippen molar-refractivity contribution in [3.05, 3.63) is 47.5 Å². The number of hydrogen-bond donors (Lipinski definition) is 3. The fourth-order valence-electron chi connectivity index (χ4n) is 1.72. The van der Waals surface area contributed by atoms with E-state index in [9.17, 15) is 8.42 Å². The van der Waals surface area contributed by atoms with Gasteiger partial charge >= 0.3 is 0 Å². The molecule has 0 bridgehead atoms. The molecule has 7 heteroatoms. The molecule has 19 heavy (non-hydrogen) atoms. The summed E-state index contributed by atoms with van der Waals surface area (Å²) in [6, 6.07) is 6.58. The zero-order valence-electron chi connectivity index (χ0n) is 10.6. The standard InChI is InChI=1S/C12H16N4O2S/c1-9-12(16-8-15-9)7-14-6-10-3-2-4-11(5-10)19(13,17)18/h2-5,8,14H,6-7H2,1H3,(H,15,16)(H2,13,17,18). The Morgan fingerprint density at radius 1 is 1.37 bits per heavy atom. The Morgan fingerprint density at radius 3 is 2.79 bits per heavy atom. The number of nitrogens with zero attached hydrogens (tertiary/aromatic N) is 1. The number of rotatable bonds is 5. The third kappa shape index (κ3) is 3.63. The van der Waals surface area contributed by atoms with Crippen molar-refractivity contribution in [2.45, 2.75) is 24.9 Å². The molecule has 1 aromatic heterocycles. The van der Waals surface area contributed by atoms with E-state index >= 15 is 0 Å². The van der Waals surface area contributed by atoms with Gasteiger partial charge in [-0.25, -0.2) is 18.5 Å². The van der Waals surface area contributed by atoms with Crippen molar-refractivity contribution in [2.24, 2.45) is 5.14 Å². The number of primary sulfonamides is 1. The van der Waals surface area contributed by atoms with Crippen LogP contribution in [0.2, 0.25) is 0 Å². The Hall–Kier alpha value is -1.70. The summed E-state index contributed by atoms with van der Waals surface area (Å²) in [7, 11) is -3.65. The van der Waals surface area contributed by atoms with Crippen molar-refractivity contribution in [1.82, 2.24) is 15.3 Å². The van der Waals surface area contributed by atoms with Gasteiger partial charge in [0.25, 0.3) is 0 Å². The molecule has 2 rings (SSSR count). The number of aromatic amines is 1. The van der Waals surface area contributed by atoms with Crippen LogP contribution in [-0.4, -0.2) is 18.4 Å². The van der Waals surface area contributed by atoms with Gasteiger partial charge in [0, 0.05) is 18.8 Å². The topological polar surface area (TPSA) is 101 Å². The number of benzene rings is 1. The number of H-pyrrole nitrogens is 1. The molecule has 0 aliphatic heterocycles. The first-order valence-electron chi connectivity index (χ1n) is 5.78. The normalized spacial score (nSPS) is 11.7. The molecule has 0 atom stereocenters. The number of hydrogen-bond acceptors (Lipinski definition) is 4.